The van der Waals surface area contributed by atoms with Gasteiger partial charge < -0.3 is 10.3 Å². The first-order valence-corrected chi connectivity index (χ1v) is 7.79. The molecule has 0 unspecified atom stereocenters. The lowest BCUT2D eigenvalue weighted by Gasteiger charge is -2.26. The van der Waals surface area contributed by atoms with Gasteiger partial charge in [0.05, 0.1) is 12.7 Å². The smallest absolute Gasteiger partial charge is 0.113 e. The summed E-state index contributed by atoms with van der Waals surface area (Å²) in [6.45, 7) is 6.32. The molecule has 6 heteroatoms. The van der Waals surface area contributed by atoms with E-state index in [1.165, 1.54) is 5.39 Å². The van der Waals surface area contributed by atoms with E-state index in [1.54, 1.807) is 0 Å². The molecular formula is C16H20N6. The molecule has 0 amide bonds. The maximum atomic E-state index is 4.31. The number of piperazine rings is 1. The minimum Gasteiger partial charge on any atom is -0.361 e. The van der Waals surface area contributed by atoms with Gasteiger partial charge in [0.1, 0.15) is 5.69 Å². The molecule has 0 spiro atoms. The van der Waals surface area contributed by atoms with Crippen LogP contribution in [0.4, 0.5) is 0 Å². The first kappa shape index (κ1) is 13.5. The number of nitrogens with zero attached hydrogens (tertiary/aromatic N) is 4. The summed E-state index contributed by atoms with van der Waals surface area (Å²) in [5.41, 5.74) is 3.19. The Bertz CT molecular complexity index is 753. The van der Waals surface area contributed by atoms with Crippen molar-refractivity contribution in [3.8, 4) is 11.3 Å². The normalized spacial score (nSPS) is 16.4. The van der Waals surface area contributed by atoms with E-state index < -0.39 is 0 Å². The van der Waals surface area contributed by atoms with Gasteiger partial charge >= 0.3 is 0 Å². The number of hydrogen-bond donors (Lipinski definition) is 2. The molecule has 2 N–H and O–H groups in total. The van der Waals surface area contributed by atoms with Gasteiger partial charge in [-0.15, -0.1) is 5.10 Å². The average molecular weight is 296 g/mol. The van der Waals surface area contributed by atoms with Crippen molar-refractivity contribution in [1.29, 1.82) is 0 Å². The van der Waals surface area contributed by atoms with Crippen molar-refractivity contribution in [3.63, 3.8) is 0 Å². The highest BCUT2D eigenvalue weighted by Crippen LogP contribution is 2.21. The summed E-state index contributed by atoms with van der Waals surface area (Å²) < 4.78 is 1.94. The minimum absolute atomic E-state index is 0.888. The summed E-state index contributed by atoms with van der Waals surface area (Å²) in [5, 5.41) is 13.1. The van der Waals surface area contributed by atoms with Gasteiger partial charge in [0.25, 0.3) is 0 Å². The van der Waals surface area contributed by atoms with Crippen LogP contribution in [0.3, 0.4) is 0 Å². The van der Waals surface area contributed by atoms with E-state index in [9.17, 15) is 0 Å². The van der Waals surface area contributed by atoms with Gasteiger partial charge in [-0.1, -0.05) is 11.3 Å². The van der Waals surface area contributed by atoms with Crippen LogP contribution in [0.15, 0.2) is 36.7 Å². The molecule has 1 fully saturated rings. The molecule has 3 aromatic rings. The van der Waals surface area contributed by atoms with Crippen LogP contribution in [0.2, 0.25) is 0 Å². The van der Waals surface area contributed by atoms with Crippen LogP contribution in [0, 0.1) is 0 Å². The van der Waals surface area contributed by atoms with Gasteiger partial charge in [-0.05, 0) is 18.2 Å². The number of nitrogens with one attached hydrogen (secondary N) is 2. The lowest BCUT2D eigenvalue weighted by Crippen LogP contribution is -2.44. The van der Waals surface area contributed by atoms with E-state index >= 15 is 0 Å². The quantitative estimate of drug-likeness (QED) is 0.762. The van der Waals surface area contributed by atoms with Gasteiger partial charge in [-0.25, -0.2) is 0 Å². The van der Waals surface area contributed by atoms with E-state index in [4.69, 9.17) is 0 Å². The van der Waals surface area contributed by atoms with Crippen LogP contribution in [0.5, 0.6) is 0 Å². The Morgan fingerprint density at radius 2 is 2.00 bits per heavy atom. The first-order valence-electron chi connectivity index (χ1n) is 7.79. The topological polar surface area (TPSA) is 61.8 Å². The predicted molar refractivity (Wildman–Crippen MR) is 86.6 cm³/mol. The van der Waals surface area contributed by atoms with E-state index in [0.29, 0.717) is 0 Å². The predicted octanol–water partition coefficient (Wildman–Crippen LogP) is 1.33. The highest BCUT2D eigenvalue weighted by Gasteiger charge is 2.10. The fourth-order valence-corrected chi connectivity index (χ4v) is 2.93. The Hall–Kier alpha value is -2.18. The van der Waals surface area contributed by atoms with Crippen molar-refractivity contribution < 1.29 is 0 Å². The van der Waals surface area contributed by atoms with E-state index in [2.05, 4.69) is 49.8 Å². The molecule has 1 saturated heterocycles. The Morgan fingerprint density at radius 3 is 2.91 bits per heavy atom. The second kappa shape index (κ2) is 5.90. The van der Waals surface area contributed by atoms with Crippen molar-refractivity contribution in [2.24, 2.45) is 0 Å². The average Bonchev–Trinajstić information content (AvgIpc) is 3.22. The molecule has 0 atom stereocenters. The summed E-state index contributed by atoms with van der Waals surface area (Å²) in [6, 6.07) is 8.40. The number of benzene rings is 1. The molecule has 4 rings (SSSR count). The summed E-state index contributed by atoms with van der Waals surface area (Å²) in [7, 11) is 0. The Labute approximate surface area is 129 Å². The fourth-order valence-electron chi connectivity index (χ4n) is 2.93. The maximum Gasteiger partial charge on any atom is 0.113 e. The van der Waals surface area contributed by atoms with Crippen LogP contribution >= 0.6 is 0 Å². The monoisotopic (exact) mass is 296 g/mol. The van der Waals surface area contributed by atoms with Crippen molar-refractivity contribution in [3.05, 3.63) is 36.7 Å². The third-order valence-electron chi connectivity index (χ3n) is 4.24. The third kappa shape index (κ3) is 2.75. The van der Waals surface area contributed by atoms with E-state index in [1.807, 2.05) is 17.1 Å². The molecular weight excluding hydrogens is 276 g/mol. The Kier molecular flexibility index (Phi) is 3.62. The van der Waals surface area contributed by atoms with Crippen LogP contribution in [-0.2, 0) is 6.54 Å². The molecule has 0 aliphatic carbocycles. The number of aromatic amines is 1. The largest absolute Gasteiger partial charge is 0.361 e. The van der Waals surface area contributed by atoms with E-state index in [-0.39, 0.29) is 0 Å². The summed E-state index contributed by atoms with van der Waals surface area (Å²) >= 11 is 0. The van der Waals surface area contributed by atoms with Crippen LogP contribution in [-0.4, -0.2) is 57.6 Å². The molecule has 1 aromatic carbocycles. The lowest BCUT2D eigenvalue weighted by atomic mass is 10.1. The van der Waals surface area contributed by atoms with Gasteiger partial charge in [0.2, 0.25) is 0 Å². The standard InChI is InChI=1S/C16H20N6/c1-2-15-14(3-4-18-15)11-13(1)16-12-22(20-19-16)10-9-21-7-5-17-6-8-21/h1-4,11-12,17-18H,5-10H2. The highest BCUT2D eigenvalue weighted by atomic mass is 15.4. The minimum atomic E-state index is 0.888. The van der Waals surface area contributed by atoms with Gasteiger partial charge in [0.15, 0.2) is 0 Å². The molecule has 114 valence electrons. The zero-order valence-corrected chi connectivity index (χ0v) is 12.5. The molecule has 1 aliphatic rings. The highest BCUT2D eigenvalue weighted by molar-refractivity contribution is 5.84. The number of H-pyrrole nitrogens is 1. The summed E-state index contributed by atoms with van der Waals surface area (Å²) in [5.74, 6) is 0. The molecule has 0 bridgehead atoms. The molecule has 0 saturated carbocycles. The molecule has 6 nitrogen and oxygen atoms in total. The number of fused-ring (bicyclic) bond motifs is 1. The Morgan fingerprint density at radius 1 is 1.09 bits per heavy atom. The molecule has 1 aliphatic heterocycles. The van der Waals surface area contributed by atoms with Crippen molar-refractivity contribution in [2.45, 2.75) is 6.54 Å². The first-order chi connectivity index (χ1) is 10.9. The molecule has 22 heavy (non-hydrogen) atoms. The summed E-state index contributed by atoms with van der Waals surface area (Å²) in [6.07, 6.45) is 3.99. The number of hydrogen-bond acceptors (Lipinski definition) is 4. The molecule has 2 aromatic heterocycles. The van der Waals surface area contributed by atoms with Gasteiger partial charge in [0, 0.05) is 55.4 Å². The van der Waals surface area contributed by atoms with Crippen LogP contribution < -0.4 is 5.32 Å². The molecule has 0 radical (unpaired) electrons. The summed E-state index contributed by atoms with van der Waals surface area (Å²) in [4.78, 5) is 5.67. The van der Waals surface area contributed by atoms with Crippen molar-refractivity contribution >= 4 is 10.9 Å². The zero-order chi connectivity index (χ0) is 14.8. The lowest BCUT2D eigenvalue weighted by molar-refractivity contribution is 0.228. The SMILES string of the molecule is c1cc2cc(-c3cn(CCN4CCNCC4)nn3)ccc2[nH]1. The number of rotatable bonds is 4. The second-order valence-corrected chi connectivity index (χ2v) is 5.74. The second-order valence-electron chi connectivity index (χ2n) is 5.74. The van der Waals surface area contributed by atoms with Crippen molar-refractivity contribution in [1.82, 2.24) is 30.2 Å². The van der Waals surface area contributed by atoms with Crippen LogP contribution in [0.1, 0.15) is 0 Å². The molecule has 3 heterocycles. The third-order valence-corrected chi connectivity index (χ3v) is 4.24. The van der Waals surface area contributed by atoms with E-state index in [0.717, 1.165) is 56.0 Å². The fraction of sp³-hybridized carbons (Fsp3) is 0.375. The maximum absolute atomic E-state index is 4.31. The van der Waals surface area contributed by atoms with Crippen molar-refractivity contribution in [2.75, 3.05) is 32.7 Å². The number of aromatic nitrogens is 4. The zero-order valence-electron chi connectivity index (χ0n) is 12.5. The van der Waals surface area contributed by atoms with Gasteiger partial charge in [-0.3, -0.25) is 9.58 Å². The van der Waals surface area contributed by atoms with Gasteiger partial charge in [-0.2, -0.15) is 0 Å². The van der Waals surface area contributed by atoms with Crippen LogP contribution in [0.25, 0.3) is 22.2 Å². The Balaban J connectivity index is 1.46.